The summed E-state index contributed by atoms with van der Waals surface area (Å²) in [5, 5.41) is 8.85. The highest BCUT2D eigenvalue weighted by molar-refractivity contribution is 7.91. The van der Waals surface area contributed by atoms with Gasteiger partial charge in [0, 0.05) is 0 Å². The summed E-state index contributed by atoms with van der Waals surface area (Å²) in [5.74, 6) is 0.484. The summed E-state index contributed by atoms with van der Waals surface area (Å²) < 4.78 is 29.1. The molecule has 1 N–H and O–H groups in total. The van der Waals surface area contributed by atoms with Crippen molar-refractivity contribution in [2.45, 2.75) is 77.6 Å². The summed E-state index contributed by atoms with van der Waals surface area (Å²) in [5.41, 5.74) is 0.269. The Morgan fingerprint density at radius 2 is 1.32 bits per heavy atom. The predicted octanol–water partition coefficient (Wildman–Crippen LogP) is 5.49. The van der Waals surface area contributed by atoms with Gasteiger partial charge in [0.25, 0.3) is 0 Å². The average Bonchev–Trinajstić information content (AvgIpc) is 2.67. The number of hydrogen-bond acceptors (Lipinski definition) is 4. The predicted molar refractivity (Wildman–Crippen MR) is 114 cm³/mol. The fraction of sp³-hybridized carbons (Fsp3) is 0.682. The molecule has 28 heavy (non-hydrogen) atoms. The van der Waals surface area contributed by atoms with Crippen LogP contribution < -0.4 is 4.74 Å². The SMILES string of the molecule is CCCCS(=O)(=O)CCCCCCCCCCCOc1ccc(C(=O)O)cc1. The highest BCUT2D eigenvalue weighted by atomic mass is 32.2. The molecule has 0 fully saturated rings. The molecule has 1 aromatic carbocycles. The van der Waals surface area contributed by atoms with E-state index in [0.717, 1.165) is 44.9 Å². The Balaban J connectivity index is 1.91. The van der Waals surface area contributed by atoms with Gasteiger partial charge >= 0.3 is 5.97 Å². The first-order valence-electron chi connectivity index (χ1n) is 10.6. The second kappa shape index (κ2) is 14.4. The zero-order valence-electron chi connectivity index (χ0n) is 17.2. The summed E-state index contributed by atoms with van der Waals surface area (Å²) in [6, 6.07) is 6.49. The van der Waals surface area contributed by atoms with Gasteiger partial charge in [0.15, 0.2) is 0 Å². The standard InChI is InChI=1S/C22H36O5S/c1-2-3-18-28(25,26)19-12-10-8-6-4-5-7-9-11-17-27-21-15-13-20(14-16-21)22(23)24/h13-16H,2-12,17-19H2,1H3,(H,23,24). The molecular weight excluding hydrogens is 376 g/mol. The summed E-state index contributed by atoms with van der Waals surface area (Å²) in [4.78, 5) is 10.8. The molecule has 0 aliphatic heterocycles. The molecule has 0 aromatic heterocycles. The van der Waals surface area contributed by atoms with Crippen molar-refractivity contribution >= 4 is 15.8 Å². The van der Waals surface area contributed by atoms with Crippen molar-refractivity contribution < 1.29 is 23.1 Å². The minimum Gasteiger partial charge on any atom is -0.494 e. The third kappa shape index (κ3) is 12.0. The van der Waals surface area contributed by atoms with Crippen molar-refractivity contribution in [2.24, 2.45) is 0 Å². The molecule has 0 unspecified atom stereocenters. The van der Waals surface area contributed by atoms with E-state index in [-0.39, 0.29) is 5.56 Å². The Kier molecular flexibility index (Phi) is 12.6. The average molecular weight is 413 g/mol. The molecule has 1 aromatic rings. The van der Waals surface area contributed by atoms with Gasteiger partial charge in [-0.3, -0.25) is 0 Å². The molecule has 0 atom stereocenters. The lowest BCUT2D eigenvalue weighted by atomic mass is 10.1. The maximum atomic E-state index is 11.7. The molecule has 0 heterocycles. The van der Waals surface area contributed by atoms with Crippen molar-refractivity contribution in [3.8, 4) is 5.75 Å². The fourth-order valence-corrected chi connectivity index (χ4v) is 4.59. The second-order valence-electron chi connectivity index (χ2n) is 7.37. The van der Waals surface area contributed by atoms with Gasteiger partial charge in [0.1, 0.15) is 15.6 Å². The highest BCUT2D eigenvalue weighted by Crippen LogP contribution is 2.14. The maximum absolute atomic E-state index is 11.7. The van der Waals surface area contributed by atoms with Gasteiger partial charge in [-0.1, -0.05) is 58.3 Å². The van der Waals surface area contributed by atoms with Crippen LogP contribution in [-0.4, -0.2) is 37.6 Å². The van der Waals surface area contributed by atoms with Gasteiger partial charge in [0.2, 0.25) is 0 Å². The van der Waals surface area contributed by atoms with Crippen molar-refractivity contribution in [1.29, 1.82) is 0 Å². The zero-order chi connectivity index (χ0) is 20.7. The van der Waals surface area contributed by atoms with Gasteiger partial charge in [-0.25, -0.2) is 13.2 Å². The Morgan fingerprint density at radius 3 is 1.86 bits per heavy atom. The number of unbranched alkanes of at least 4 members (excludes halogenated alkanes) is 9. The van der Waals surface area contributed by atoms with Crippen molar-refractivity contribution in [3.63, 3.8) is 0 Å². The topological polar surface area (TPSA) is 80.7 Å². The van der Waals surface area contributed by atoms with Crippen LogP contribution in [0, 0.1) is 0 Å². The van der Waals surface area contributed by atoms with E-state index < -0.39 is 15.8 Å². The molecule has 0 radical (unpaired) electrons. The lowest BCUT2D eigenvalue weighted by molar-refractivity contribution is 0.0697. The van der Waals surface area contributed by atoms with Crippen LogP contribution in [-0.2, 0) is 9.84 Å². The third-order valence-corrected chi connectivity index (χ3v) is 6.60. The van der Waals surface area contributed by atoms with Crippen molar-refractivity contribution in [1.82, 2.24) is 0 Å². The van der Waals surface area contributed by atoms with E-state index in [9.17, 15) is 13.2 Å². The zero-order valence-corrected chi connectivity index (χ0v) is 18.0. The molecular formula is C22H36O5S. The van der Waals surface area contributed by atoms with E-state index in [2.05, 4.69) is 0 Å². The molecule has 160 valence electrons. The number of rotatable bonds is 17. The first kappa shape index (κ1) is 24.5. The van der Waals surface area contributed by atoms with E-state index in [1.165, 1.54) is 25.7 Å². The Hall–Kier alpha value is -1.56. The van der Waals surface area contributed by atoms with E-state index in [4.69, 9.17) is 9.84 Å². The van der Waals surface area contributed by atoms with Crippen LogP contribution in [0.25, 0.3) is 0 Å². The summed E-state index contributed by atoms with van der Waals surface area (Å²) in [6.07, 6.45) is 11.6. The summed E-state index contributed by atoms with van der Waals surface area (Å²) in [6.45, 7) is 2.67. The number of hydrogen-bond donors (Lipinski definition) is 1. The van der Waals surface area contributed by atoms with Crippen molar-refractivity contribution in [2.75, 3.05) is 18.1 Å². The number of carbonyl (C=O) groups is 1. The van der Waals surface area contributed by atoms with E-state index >= 15 is 0 Å². The second-order valence-corrected chi connectivity index (χ2v) is 9.67. The minimum atomic E-state index is -2.82. The van der Waals surface area contributed by atoms with E-state index in [1.807, 2.05) is 6.92 Å². The maximum Gasteiger partial charge on any atom is 0.335 e. The van der Waals surface area contributed by atoms with Crippen LogP contribution in [0.1, 0.15) is 87.9 Å². The fourth-order valence-electron chi connectivity index (χ4n) is 3.01. The van der Waals surface area contributed by atoms with E-state index in [1.54, 1.807) is 24.3 Å². The monoisotopic (exact) mass is 412 g/mol. The van der Waals surface area contributed by atoms with Crippen LogP contribution in [0.5, 0.6) is 5.75 Å². The van der Waals surface area contributed by atoms with Crippen LogP contribution >= 0.6 is 0 Å². The molecule has 0 aliphatic carbocycles. The molecule has 0 amide bonds. The Bertz CT molecular complexity index is 637. The summed E-state index contributed by atoms with van der Waals surface area (Å²) >= 11 is 0. The van der Waals surface area contributed by atoms with Crippen LogP contribution in [0.15, 0.2) is 24.3 Å². The number of carboxylic acid groups (broad SMARTS) is 1. The molecule has 6 heteroatoms. The molecule has 0 aliphatic rings. The first-order valence-corrected chi connectivity index (χ1v) is 12.4. The number of benzene rings is 1. The lowest BCUT2D eigenvalue weighted by Gasteiger charge is -2.06. The van der Waals surface area contributed by atoms with E-state index in [0.29, 0.717) is 23.9 Å². The molecule has 1 rings (SSSR count). The number of ether oxygens (including phenoxy) is 1. The smallest absolute Gasteiger partial charge is 0.335 e. The number of aromatic carboxylic acids is 1. The van der Waals surface area contributed by atoms with Gasteiger partial charge in [0.05, 0.1) is 23.7 Å². The van der Waals surface area contributed by atoms with Gasteiger partial charge in [-0.15, -0.1) is 0 Å². The molecule has 0 saturated heterocycles. The highest BCUT2D eigenvalue weighted by Gasteiger charge is 2.08. The quantitative estimate of drug-likeness (QED) is 0.342. The van der Waals surface area contributed by atoms with Crippen LogP contribution in [0.2, 0.25) is 0 Å². The van der Waals surface area contributed by atoms with Crippen LogP contribution in [0.4, 0.5) is 0 Å². The Labute approximate surface area is 170 Å². The number of sulfone groups is 1. The first-order chi connectivity index (χ1) is 13.4. The lowest BCUT2D eigenvalue weighted by Crippen LogP contribution is -2.10. The Morgan fingerprint density at radius 1 is 0.821 bits per heavy atom. The molecule has 0 spiro atoms. The molecule has 5 nitrogen and oxygen atoms in total. The number of carboxylic acids is 1. The van der Waals surface area contributed by atoms with Gasteiger partial charge in [-0.05, 0) is 43.5 Å². The molecule has 0 bridgehead atoms. The van der Waals surface area contributed by atoms with Crippen LogP contribution in [0.3, 0.4) is 0 Å². The van der Waals surface area contributed by atoms with Crippen molar-refractivity contribution in [3.05, 3.63) is 29.8 Å². The normalized spacial score (nSPS) is 11.5. The minimum absolute atomic E-state index is 0.269. The van der Waals surface area contributed by atoms with Gasteiger partial charge < -0.3 is 9.84 Å². The summed E-state index contributed by atoms with van der Waals surface area (Å²) in [7, 11) is -2.82. The largest absolute Gasteiger partial charge is 0.494 e. The third-order valence-electron chi connectivity index (χ3n) is 4.78. The molecule has 0 saturated carbocycles. The van der Waals surface area contributed by atoms with Gasteiger partial charge in [-0.2, -0.15) is 0 Å².